The Morgan fingerprint density at radius 3 is 2.20 bits per heavy atom. The average molecular weight is 299 g/mol. The Bertz CT molecular complexity index is 284. The summed E-state index contributed by atoms with van der Waals surface area (Å²) in [4.78, 5) is 2.73. The number of piperidine rings is 1. The molecule has 2 nitrogen and oxygen atoms in total. The van der Waals surface area contributed by atoms with Crippen molar-refractivity contribution in [1.82, 2.24) is 4.90 Å². The molecule has 0 N–H and O–H groups in total. The molecule has 1 saturated carbocycles. The molecule has 0 unspecified atom stereocenters. The van der Waals surface area contributed by atoms with Crippen LogP contribution in [-0.2, 0) is 0 Å². The van der Waals surface area contributed by atoms with Gasteiger partial charge in [-0.1, -0.05) is 32.6 Å². The van der Waals surface area contributed by atoms with Gasteiger partial charge in [0.15, 0.2) is 0 Å². The molecule has 0 aromatic heterocycles. The van der Waals surface area contributed by atoms with Gasteiger partial charge in [0.1, 0.15) is 0 Å². The molecule has 1 aliphatic heterocycles. The van der Waals surface area contributed by atoms with Gasteiger partial charge < -0.3 is 4.90 Å². The number of hydrogen-bond acceptors (Lipinski definition) is 2. The average Bonchev–Trinajstić information content (AvgIpc) is 2.48. The van der Waals surface area contributed by atoms with Crippen molar-refractivity contribution in [1.29, 1.82) is 5.26 Å². The second-order valence-electron chi connectivity index (χ2n) is 6.61. The van der Waals surface area contributed by atoms with Gasteiger partial charge in [-0.15, -0.1) is 12.4 Å². The minimum absolute atomic E-state index is 0. The van der Waals surface area contributed by atoms with Crippen molar-refractivity contribution in [3.63, 3.8) is 0 Å². The van der Waals surface area contributed by atoms with Crippen molar-refractivity contribution in [3.05, 3.63) is 0 Å². The number of unbranched alkanes of at least 4 members (excludes halogenated alkanes) is 2. The van der Waals surface area contributed by atoms with E-state index in [2.05, 4.69) is 17.9 Å². The van der Waals surface area contributed by atoms with E-state index in [9.17, 15) is 0 Å². The lowest BCUT2D eigenvalue weighted by Gasteiger charge is -2.40. The van der Waals surface area contributed by atoms with Gasteiger partial charge in [-0.05, 0) is 57.5 Å². The molecule has 116 valence electrons. The molecule has 0 atom stereocenters. The molecule has 1 heterocycles. The smallest absolute Gasteiger partial charge is 0.0655 e. The first kappa shape index (κ1) is 17.8. The van der Waals surface area contributed by atoms with Crippen molar-refractivity contribution in [2.75, 3.05) is 13.1 Å². The Kier molecular flexibility index (Phi) is 8.57. The lowest BCUT2D eigenvalue weighted by Crippen LogP contribution is -2.43. The van der Waals surface area contributed by atoms with Crippen LogP contribution < -0.4 is 0 Å². The summed E-state index contributed by atoms with van der Waals surface area (Å²) in [5.41, 5.74) is 0. The van der Waals surface area contributed by atoms with Gasteiger partial charge in [-0.25, -0.2) is 0 Å². The first-order valence-electron chi connectivity index (χ1n) is 8.47. The molecular formula is C17H31ClN2. The van der Waals surface area contributed by atoms with E-state index in [1.165, 1.54) is 64.5 Å². The third-order valence-electron chi connectivity index (χ3n) is 5.26. The summed E-state index contributed by atoms with van der Waals surface area (Å²) in [6, 6.07) is 3.24. The Labute approximate surface area is 131 Å². The van der Waals surface area contributed by atoms with E-state index in [1.54, 1.807) is 0 Å². The maximum atomic E-state index is 8.96. The maximum absolute atomic E-state index is 8.96. The van der Waals surface area contributed by atoms with Gasteiger partial charge in [-0.3, -0.25) is 0 Å². The van der Waals surface area contributed by atoms with Crippen molar-refractivity contribution < 1.29 is 0 Å². The molecule has 1 saturated heterocycles. The van der Waals surface area contributed by atoms with Crippen molar-refractivity contribution >= 4 is 12.4 Å². The van der Waals surface area contributed by atoms with E-state index in [-0.39, 0.29) is 12.4 Å². The van der Waals surface area contributed by atoms with E-state index >= 15 is 0 Å². The Hall–Kier alpha value is -0.260. The second-order valence-corrected chi connectivity index (χ2v) is 6.61. The zero-order valence-corrected chi connectivity index (χ0v) is 13.8. The maximum Gasteiger partial charge on any atom is 0.0655 e. The SMILES string of the molecule is CCCCCC1CCN(C2CCC(C#N)CC2)CC1.Cl. The molecule has 0 bridgehead atoms. The molecule has 2 aliphatic rings. The standard InChI is InChI=1S/C17H30N2.ClH/c1-2-3-4-5-15-10-12-19(13-11-15)17-8-6-16(14-18)7-9-17;/h15-17H,2-13H2,1H3;1H. The van der Waals surface area contributed by atoms with Crippen LogP contribution in [-0.4, -0.2) is 24.0 Å². The van der Waals surface area contributed by atoms with E-state index in [1.807, 2.05) is 0 Å². The monoisotopic (exact) mass is 298 g/mol. The molecule has 0 aromatic carbocycles. The third-order valence-corrected chi connectivity index (χ3v) is 5.26. The quantitative estimate of drug-likeness (QED) is 0.683. The van der Waals surface area contributed by atoms with Crippen LogP contribution in [0, 0.1) is 23.2 Å². The zero-order chi connectivity index (χ0) is 13.5. The van der Waals surface area contributed by atoms with E-state index in [4.69, 9.17) is 5.26 Å². The van der Waals surface area contributed by atoms with Gasteiger partial charge in [0.25, 0.3) is 0 Å². The van der Waals surface area contributed by atoms with Crippen LogP contribution >= 0.6 is 12.4 Å². The topological polar surface area (TPSA) is 27.0 Å². The highest BCUT2D eigenvalue weighted by atomic mass is 35.5. The van der Waals surface area contributed by atoms with E-state index in [0.29, 0.717) is 5.92 Å². The first-order chi connectivity index (χ1) is 9.33. The Morgan fingerprint density at radius 1 is 1.00 bits per heavy atom. The molecule has 0 amide bonds. The molecule has 0 aromatic rings. The van der Waals surface area contributed by atoms with Crippen LogP contribution in [0.25, 0.3) is 0 Å². The highest BCUT2D eigenvalue weighted by Crippen LogP contribution is 2.31. The van der Waals surface area contributed by atoms with Gasteiger partial charge in [0, 0.05) is 12.0 Å². The largest absolute Gasteiger partial charge is 0.300 e. The van der Waals surface area contributed by atoms with Crippen molar-refractivity contribution in [3.8, 4) is 6.07 Å². The van der Waals surface area contributed by atoms with E-state index < -0.39 is 0 Å². The molecule has 0 radical (unpaired) electrons. The highest BCUT2D eigenvalue weighted by molar-refractivity contribution is 5.85. The van der Waals surface area contributed by atoms with Crippen molar-refractivity contribution in [2.24, 2.45) is 11.8 Å². The summed E-state index contributed by atoms with van der Waals surface area (Å²) in [7, 11) is 0. The van der Waals surface area contributed by atoms with Gasteiger partial charge in [0.2, 0.25) is 0 Å². The normalized spacial score (nSPS) is 28.6. The summed E-state index contributed by atoms with van der Waals surface area (Å²) in [6.07, 6.45) is 13.3. The fourth-order valence-electron chi connectivity index (χ4n) is 3.86. The molecule has 1 aliphatic carbocycles. The molecule has 0 spiro atoms. The minimum Gasteiger partial charge on any atom is -0.300 e. The summed E-state index contributed by atoms with van der Waals surface area (Å²) < 4.78 is 0. The highest BCUT2D eigenvalue weighted by Gasteiger charge is 2.28. The number of hydrogen-bond donors (Lipinski definition) is 0. The number of likely N-dealkylation sites (tertiary alicyclic amines) is 1. The lowest BCUT2D eigenvalue weighted by atomic mass is 9.84. The predicted molar refractivity (Wildman–Crippen MR) is 87.0 cm³/mol. The molecule has 2 fully saturated rings. The van der Waals surface area contributed by atoms with Gasteiger partial charge in [-0.2, -0.15) is 5.26 Å². The Morgan fingerprint density at radius 2 is 1.65 bits per heavy atom. The summed E-state index contributed by atoms with van der Waals surface area (Å²) >= 11 is 0. The predicted octanol–water partition coefficient (Wildman–Crippen LogP) is 4.78. The molecular weight excluding hydrogens is 268 g/mol. The molecule has 3 heteroatoms. The van der Waals surface area contributed by atoms with Gasteiger partial charge in [0.05, 0.1) is 6.07 Å². The van der Waals surface area contributed by atoms with Crippen LogP contribution in [0.3, 0.4) is 0 Å². The van der Waals surface area contributed by atoms with Gasteiger partial charge >= 0.3 is 0 Å². The van der Waals surface area contributed by atoms with Crippen LogP contribution in [0.2, 0.25) is 0 Å². The fraction of sp³-hybridized carbons (Fsp3) is 0.941. The summed E-state index contributed by atoms with van der Waals surface area (Å²) in [5, 5.41) is 8.96. The number of rotatable bonds is 5. The number of halogens is 1. The van der Waals surface area contributed by atoms with Crippen LogP contribution in [0.5, 0.6) is 0 Å². The number of nitrogens with zero attached hydrogens (tertiary/aromatic N) is 2. The van der Waals surface area contributed by atoms with Crippen molar-refractivity contribution in [2.45, 2.75) is 77.2 Å². The second kappa shape index (κ2) is 9.64. The fourth-order valence-corrected chi connectivity index (χ4v) is 3.86. The number of nitriles is 1. The Balaban J connectivity index is 0.00000200. The summed E-state index contributed by atoms with van der Waals surface area (Å²) in [6.45, 7) is 4.93. The lowest BCUT2D eigenvalue weighted by molar-refractivity contribution is 0.0975. The van der Waals surface area contributed by atoms with Crippen LogP contribution in [0.15, 0.2) is 0 Å². The minimum atomic E-state index is 0. The van der Waals surface area contributed by atoms with E-state index in [0.717, 1.165) is 24.8 Å². The van der Waals surface area contributed by atoms with Crippen LogP contribution in [0.4, 0.5) is 0 Å². The van der Waals surface area contributed by atoms with Crippen LogP contribution in [0.1, 0.15) is 71.1 Å². The molecule has 20 heavy (non-hydrogen) atoms. The molecule has 2 rings (SSSR count). The zero-order valence-electron chi connectivity index (χ0n) is 13.0. The summed E-state index contributed by atoms with van der Waals surface area (Å²) in [5.74, 6) is 1.35. The third kappa shape index (κ3) is 5.26. The first-order valence-corrected chi connectivity index (χ1v) is 8.47.